The third kappa shape index (κ3) is 4.30. The lowest BCUT2D eigenvalue weighted by molar-refractivity contribution is 0.315. The molecule has 0 spiro atoms. The van der Waals surface area contributed by atoms with Gasteiger partial charge in [-0.15, -0.1) is 0 Å². The summed E-state index contributed by atoms with van der Waals surface area (Å²) in [5, 5.41) is 11.8. The molecule has 0 amide bonds. The highest BCUT2D eigenvalue weighted by Crippen LogP contribution is 2.33. The predicted octanol–water partition coefficient (Wildman–Crippen LogP) is 4.49. The summed E-state index contributed by atoms with van der Waals surface area (Å²) in [6.45, 7) is 1.70. The smallest absolute Gasteiger partial charge is 0.0968 e. The Morgan fingerprint density at radius 1 is 1.07 bits per heavy atom. The Labute approximate surface area is 161 Å². The van der Waals surface area contributed by atoms with E-state index in [9.17, 15) is 0 Å². The number of aryl methyl sites for hydroxylation is 1. The van der Waals surface area contributed by atoms with Crippen molar-refractivity contribution in [2.24, 2.45) is 7.05 Å². The molecule has 0 radical (unpaired) electrons. The van der Waals surface area contributed by atoms with Gasteiger partial charge in [0.15, 0.2) is 0 Å². The van der Waals surface area contributed by atoms with Gasteiger partial charge in [0.1, 0.15) is 0 Å². The van der Waals surface area contributed by atoms with Crippen molar-refractivity contribution in [1.82, 2.24) is 24.9 Å². The molecule has 5 heteroatoms. The minimum atomic E-state index is 0.747. The highest BCUT2D eigenvalue weighted by molar-refractivity contribution is 5.63. The van der Waals surface area contributed by atoms with E-state index in [0.717, 1.165) is 30.4 Å². The Morgan fingerprint density at radius 2 is 1.85 bits per heavy atom. The largest absolute Gasteiger partial charge is 0.296 e. The molecule has 1 N–H and O–H groups in total. The summed E-state index contributed by atoms with van der Waals surface area (Å²) in [6, 6.07) is 11.2. The first-order valence-corrected chi connectivity index (χ1v) is 9.98. The molecule has 2 heterocycles. The second kappa shape index (κ2) is 8.09. The summed E-state index contributed by atoms with van der Waals surface area (Å²) < 4.78 is 1.92. The minimum Gasteiger partial charge on any atom is -0.296 e. The number of hydrogen-bond donors (Lipinski definition) is 1. The predicted molar refractivity (Wildman–Crippen MR) is 108 cm³/mol. The van der Waals surface area contributed by atoms with Gasteiger partial charge < -0.3 is 0 Å². The van der Waals surface area contributed by atoms with Crippen LogP contribution in [0.4, 0.5) is 0 Å². The molecule has 0 bridgehead atoms. The van der Waals surface area contributed by atoms with Crippen molar-refractivity contribution in [1.29, 1.82) is 0 Å². The van der Waals surface area contributed by atoms with Crippen LogP contribution in [0.25, 0.3) is 11.3 Å². The average molecular weight is 364 g/mol. The Bertz CT molecular complexity index is 841. The molecule has 3 aromatic rings. The van der Waals surface area contributed by atoms with E-state index in [1.807, 2.05) is 17.8 Å². The van der Waals surface area contributed by atoms with Crippen molar-refractivity contribution < 1.29 is 0 Å². The van der Waals surface area contributed by atoms with Crippen molar-refractivity contribution in [3.63, 3.8) is 0 Å². The molecular formula is C22H29N5. The number of H-pyrrole nitrogens is 1. The lowest BCUT2D eigenvalue weighted by atomic mass is 9.84. The molecule has 1 fully saturated rings. The lowest BCUT2D eigenvalue weighted by Crippen LogP contribution is -2.17. The van der Waals surface area contributed by atoms with E-state index in [0.29, 0.717) is 0 Å². The molecule has 4 rings (SSSR count). The number of aromatic nitrogens is 4. The maximum atomic E-state index is 4.74. The van der Waals surface area contributed by atoms with Crippen LogP contribution in [0.3, 0.4) is 0 Å². The summed E-state index contributed by atoms with van der Waals surface area (Å²) in [5.74, 6) is 0.747. The Hall–Kier alpha value is -2.40. The van der Waals surface area contributed by atoms with Gasteiger partial charge in [0.25, 0.3) is 0 Å². The van der Waals surface area contributed by atoms with Crippen LogP contribution in [0.2, 0.25) is 0 Å². The van der Waals surface area contributed by atoms with Gasteiger partial charge in [0, 0.05) is 49.4 Å². The Kier molecular flexibility index (Phi) is 5.39. The topological polar surface area (TPSA) is 49.7 Å². The second-order valence-electron chi connectivity index (χ2n) is 7.89. The molecule has 0 saturated heterocycles. The lowest BCUT2D eigenvalue weighted by Gasteiger charge is -2.22. The first-order valence-electron chi connectivity index (χ1n) is 9.98. The van der Waals surface area contributed by atoms with E-state index in [-0.39, 0.29) is 0 Å². The fourth-order valence-corrected chi connectivity index (χ4v) is 4.26. The zero-order valence-electron chi connectivity index (χ0n) is 16.4. The normalized spacial score (nSPS) is 15.5. The van der Waals surface area contributed by atoms with Crippen molar-refractivity contribution in [2.45, 2.75) is 51.1 Å². The average Bonchev–Trinajstić information content (AvgIpc) is 3.32. The van der Waals surface area contributed by atoms with E-state index in [1.165, 1.54) is 48.8 Å². The number of benzene rings is 1. The summed E-state index contributed by atoms with van der Waals surface area (Å²) in [4.78, 5) is 2.28. The quantitative estimate of drug-likeness (QED) is 0.702. The molecule has 142 valence electrons. The van der Waals surface area contributed by atoms with Gasteiger partial charge >= 0.3 is 0 Å². The van der Waals surface area contributed by atoms with Crippen LogP contribution in [-0.4, -0.2) is 31.9 Å². The number of nitrogens with zero attached hydrogens (tertiary/aromatic N) is 4. The van der Waals surface area contributed by atoms with E-state index < -0.39 is 0 Å². The molecule has 1 aliphatic carbocycles. The molecule has 1 saturated carbocycles. The summed E-state index contributed by atoms with van der Waals surface area (Å²) in [6.07, 6.45) is 10.8. The highest BCUT2D eigenvalue weighted by atomic mass is 15.3. The van der Waals surface area contributed by atoms with Gasteiger partial charge in [-0.25, -0.2) is 0 Å². The third-order valence-electron chi connectivity index (χ3n) is 5.60. The number of rotatable bonds is 6. The van der Waals surface area contributed by atoms with Crippen molar-refractivity contribution in [3.05, 3.63) is 59.5 Å². The zero-order valence-corrected chi connectivity index (χ0v) is 16.4. The number of nitrogens with one attached hydrogen (secondary N) is 1. The maximum absolute atomic E-state index is 4.74. The fraction of sp³-hybridized carbons (Fsp3) is 0.455. The van der Waals surface area contributed by atoms with Gasteiger partial charge in [-0.3, -0.25) is 14.7 Å². The molecule has 1 aromatic carbocycles. The van der Waals surface area contributed by atoms with Crippen LogP contribution in [0.15, 0.2) is 42.7 Å². The molecule has 27 heavy (non-hydrogen) atoms. The molecular weight excluding hydrogens is 334 g/mol. The van der Waals surface area contributed by atoms with Crippen LogP contribution >= 0.6 is 0 Å². The first kappa shape index (κ1) is 18.0. The molecule has 0 unspecified atom stereocenters. The minimum absolute atomic E-state index is 0.747. The Balaban J connectivity index is 1.50. The maximum Gasteiger partial charge on any atom is 0.0968 e. The molecule has 2 aromatic heterocycles. The highest BCUT2D eigenvalue weighted by Gasteiger charge is 2.17. The van der Waals surface area contributed by atoms with E-state index in [2.05, 4.69) is 52.6 Å². The number of aromatic amines is 1. The van der Waals surface area contributed by atoms with E-state index in [1.54, 1.807) is 6.20 Å². The van der Waals surface area contributed by atoms with Crippen LogP contribution in [0, 0.1) is 0 Å². The third-order valence-corrected chi connectivity index (χ3v) is 5.60. The van der Waals surface area contributed by atoms with Crippen molar-refractivity contribution in [2.75, 3.05) is 7.05 Å². The molecule has 1 aliphatic rings. The van der Waals surface area contributed by atoms with Crippen LogP contribution in [-0.2, 0) is 20.1 Å². The van der Waals surface area contributed by atoms with E-state index >= 15 is 0 Å². The monoisotopic (exact) mass is 363 g/mol. The van der Waals surface area contributed by atoms with Crippen LogP contribution in [0.1, 0.15) is 54.8 Å². The van der Waals surface area contributed by atoms with Gasteiger partial charge in [-0.2, -0.15) is 10.2 Å². The van der Waals surface area contributed by atoms with Gasteiger partial charge in [0.2, 0.25) is 0 Å². The van der Waals surface area contributed by atoms with Crippen LogP contribution < -0.4 is 0 Å². The Morgan fingerprint density at radius 3 is 2.56 bits per heavy atom. The summed E-state index contributed by atoms with van der Waals surface area (Å²) >= 11 is 0. The fourth-order valence-electron chi connectivity index (χ4n) is 4.26. The van der Waals surface area contributed by atoms with Gasteiger partial charge in [0.05, 0.1) is 5.69 Å². The standard InChI is InChI=1S/C22H29N5/c1-26(16-21-12-13-23-24-21)14-20-15-27(2)25-22(20)19-10-8-18(9-11-19)17-6-4-3-5-7-17/h8-13,15,17H,3-7,14,16H2,1-2H3,(H,23,24). The van der Waals surface area contributed by atoms with Crippen molar-refractivity contribution >= 4 is 0 Å². The van der Waals surface area contributed by atoms with Gasteiger partial charge in [-0.1, -0.05) is 43.5 Å². The van der Waals surface area contributed by atoms with Gasteiger partial charge in [-0.05, 0) is 37.4 Å². The molecule has 0 aliphatic heterocycles. The number of hydrogen-bond acceptors (Lipinski definition) is 3. The zero-order chi connectivity index (χ0) is 18.6. The second-order valence-corrected chi connectivity index (χ2v) is 7.89. The van der Waals surface area contributed by atoms with Crippen LogP contribution in [0.5, 0.6) is 0 Å². The summed E-state index contributed by atoms with van der Waals surface area (Å²) in [5.41, 5.74) is 6.17. The van der Waals surface area contributed by atoms with Crippen molar-refractivity contribution in [3.8, 4) is 11.3 Å². The molecule has 0 atom stereocenters. The molecule has 5 nitrogen and oxygen atoms in total. The summed E-state index contributed by atoms with van der Waals surface area (Å²) in [7, 11) is 4.13. The van der Waals surface area contributed by atoms with E-state index in [4.69, 9.17) is 5.10 Å². The first-order chi connectivity index (χ1) is 13.2. The SMILES string of the molecule is CN(Cc1ccn[nH]1)Cc1cn(C)nc1-c1ccc(C2CCCCC2)cc1.